The topological polar surface area (TPSA) is 44.1 Å². The Morgan fingerprint density at radius 1 is 1.08 bits per heavy atom. The van der Waals surface area contributed by atoms with Crippen molar-refractivity contribution < 1.29 is 35.9 Å². The molecule has 0 saturated heterocycles. The lowest BCUT2D eigenvalue weighted by Gasteiger charge is -2.18. The third-order valence-corrected chi connectivity index (χ3v) is 3.07. The number of carbonyl (C=O) groups excluding carboxylic acids is 1. The minimum Gasteiger partial charge on any atom is -0.441 e. The van der Waals surface area contributed by atoms with E-state index in [4.69, 9.17) is 4.74 Å². The summed E-state index contributed by atoms with van der Waals surface area (Å²) >= 11 is 0. The Labute approximate surface area is 131 Å². The van der Waals surface area contributed by atoms with Crippen molar-refractivity contribution in [3.8, 4) is 0 Å². The summed E-state index contributed by atoms with van der Waals surface area (Å²) < 4.78 is 82.5. The van der Waals surface area contributed by atoms with Gasteiger partial charge in [0, 0.05) is 12.4 Å². The first-order valence-electron chi connectivity index (χ1n) is 6.47. The fraction of sp³-hybridized carbons (Fsp3) is 0.286. The summed E-state index contributed by atoms with van der Waals surface area (Å²) in [6, 6.07) is 1.04. The summed E-state index contributed by atoms with van der Waals surface area (Å²) in [6.45, 7) is 1.17. The SMILES string of the molecule is CC(OC(=O)n1ccnc1)c1cc(C(F)(F)F)cc(C(F)(F)F)c1. The molecule has 0 aliphatic heterocycles. The maximum Gasteiger partial charge on any atom is 0.419 e. The number of hydrogen-bond donors (Lipinski definition) is 0. The smallest absolute Gasteiger partial charge is 0.419 e. The summed E-state index contributed by atoms with van der Waals surface area (Å²) in [5.41, 5.74) is -3.37. The van der Waals surface area contributed by atoms with E-state index in [2.05, 4.69) is 4.98 Å². The van der Waals surface area contributed by atoms with Crippen LogP contribution >= 0.6 is 0 Å². The Morgan fingerprint density at radius 3 is 2.04 bits per heavy atom. The van der Waals surface area contributed by atoms with E-state index in [1.54, 1.807) is 0 Å². The van der Waals surface area contributed by atoms with Gasteiger partial charge >= 0.3 is 18.4 Å². The maximum atomic E-state index is 12.8. The van der Waals surface area contributed by atoms with Crippen molar-refractivity contribution >= 4 is 6.09 Å². The number of ether oxygens (including phenoxy) is 1. The fourth-order valence-corrected chi connectivity index (χ4v) is 1.86. The Balaban J connectivity index is 2.36. The molecule has 0 radical (unpaired) electrons. The number of benzene rings is 1. The molecule has 1 heterocycles. The van der Waals surface area contributed by atoms with Gasteiger partial charge in [-0.1, -0.05) is 0 Å². The van der Waals surface area contributed by atoms with Gasteiger partial charge in [0.2, 0.25) is 0 Å². The number of hydrogen-bond acceptors (Lipinski definition) is 3. The van der Waals surface area contributed by atoms with Gasteiger partial charge in [0.1, 0.15) is 12.4 Å². The average molecular weight is 352 g/mol. The molecule has 0 spiro atoms. The van der Waals surface area contributed by atoms with Crippen LogP contribution in [0.5, 0.6) is 0 Å². The molecule has 0 saturated carbocycles. The zero-order chi connectivity index (χ0) is 18.1. The summed E-state index contributed by atoms with van der Waals surface area (Å²) in [5, 5.41) is 0. The summed E-state index contributed by atoms with van der Waals surface area (Å²) in [4.78, 5) is 15.3. The molecule has 4 nitrogen and oxygen atoms in total. The van der Waals surface area contributed by atoms with Crippen LogP contribution in [-0.4, -0.2) is 15.6 Å². The second kappa shape index (κ2) is 6.17. The first-order valence-corrected chi connectivity index (χ1v) is 6.47. The van der Waals surface area contributed by atoms with Gasteiger partial charge in [-0.15, -0.1) is 0 Å². The van der Waals surface area contributed by atoms with E-state index < -0.39 is 41.2 Å². The Bertz CT molecular complexity index is 690. The molecule has 130 valence electrons. The number of rotatable bonds is 2. The van der Waals surface area contributed by atoms with E-state index in [0.29, 0.717) is 12.1 Å². The number of imidazole rings is 1. The van der Waals surface area contributed by atoms with E-state index in [1.807, 2.05) is 0 Å². The lowest BCUT2D eigenvalue weighted by molar-refractivity contribution is -0.143. The molecule has 0 N–H and O–H groups in total. The standard InChI is InChI=1S/C14H10F6N2O2/c1-8(24-12(23)22-3-2-21-7-22)9-4-10(13(15,16)17)6-11(5-9)14(18,19)20/h2-8H,1H3. The molecule has 1 atom stereocenters. The van der Waals surface area contributed by atoms with E-state index in [-0.39, 0.29) is 6.07 Å². The molecule has 0 aliphatic rings. The number of carbonyl (C=O) groups is 1. The van der Waals surface area contributed by atoms with Crippen molar-refractivity contribution in [2.45, 2.75) is 25.4 Å². The molecule has 0 aliphatic carbocycles. The zero-order valence-electron chi connectivity index (χ0n) is 12.0. The fourth-order valence-electron chi connectivity index (χ4n) is 1.86. The van der Waals surface area contributed by atoms with Crippen LogP contribution in [0.25, 0.3) is 0 Å². The van der Waals surface area contributed by atoms with Crippen LogP contribution in [0.15, 0.2) is 36.9 Å². The molecule has 2 rings (SSSR count). The monoisotopic (exact) mass is 352 g/mol. The molecule has 1 unspecified atom stereocenters. The van der Waals surface area contributed by atoms with E-state index in [0.717, 1.165) is 10.9 Å². The Morgan fingerprint density at radius 2 is 1.62 bits per heavy atom. The third-order valence-electron chi connectivity index (χ3n) is 3.07. The predicted octanol–water partition coefficient (Wildman–Crippen LogP) is 4.67. The second-order valence-corrected chi connectivity index (χ2v) is 4.84. The molecular weight excluding hydrogens is 342 g/mol. The van der Waals surface area contributed by atoms with Crippen molar-refractivity contribution in [2.75, 3.05) is 0 Å². The molecule has 1 aromatic carbocycles. The van der Waals surface area contributed by atoms with Crippen LogP contribution in [0, 0.1) is 0 Å². The quantitative estimate of drug-likeness (QED) is 0.738. The van der Waals surface area contributed by atoms with Crippen LogP contribution in [0.1, 0.15) is 29.7 Å². The molecule has 0 amide bonds. The highest BCUT2D eigenvalue weighted by molar-refractivity contribution is 5.70. The molecule has 24 heavy (non-hydrogen) atoms. The second-order valence-electron chi connectivity index (χ2n) is 4.84. The van der Waals surface area contributed by atoms with Gasteiger partial charge < -0.3 is 4.74 Å². The van der Waals surface area contributed by atoms with Gasteiger partial charge in [0.15, 0.2) is 0 Å². The molecule has 2 aromatic rings. The van der Waals surface area contributed by atoms with Crippen LogP contribution in [0.4, 0.5) is 31.1 Å². The molecule has 0 bridgehead atoms. The summed E-state index contributed by atoms with van der Waals surface area (Å²) in [5.74, 6) is 0. The Hall–Kier alpha value is -2.52. The zero-order valence-corrected chi connectivity index (χ0v) is 12.0. The number of aromatic nitrogens is 2. The van der Waals surface area contributed by atoms with Crippen LogP contribution in [-0.2, 0) is 17.1 Å². The summed E-state index contributed by atoms with van der Waals surface area (Å²) in [6.07, 6.45) is -8.68. The maximum absolute atomic E-state index is 12.8. The van der Waals surface area contributed by atoms with Gasteiger partial charge in [-0.2, -0.15) is 26.3 Å². The number of halogens is 6. The third kappa shape index (κ3) is 4.06. The van der Waals surface area contributed by atoms with Crippen molar-refractivity contribution in [1.82, 2.24) is 9.55 Å². The lowest BCUT2D eigenvalue weighted by atomic mass is 10.0. The highest BCUT2D eigenvalue weighted by atomic mass is 19.4. The minimum atomic E-state index is -4.97. The van der Waals surface area contributed by atoms with Crippen molar-refractivity contribution in [2.24, 2.45) is 0 Å². The van der Waals surface area contributed by atoms with Gasteiger partial charge in [-0.05, 0) is 30.7 Å². The lowest BCUT2D eigenvalue weighted by Crippen LogP contribution is -2.17. The molecule has 0 fully saturated rings. The first kappa shape index (κ1) is 17.8. The van der Waals surface area contributed by atoms with Crippen LogP contribution in [0.2, 0.25) is 0 Å². The van der Waals surface area contributed by atoms with Crippen molar-refractivity contribution in [1.29, 1.82) is 0 Å². The van der Waals surface area contributed by atoms with Gasteiger partial charge in [0.25, 0.3) is 0 Å². The summed E-state index contributed by atoms with van der Waals surface area (Å²) in [7, 11) is 0. The van der Waals surface area contributed by atoms with Gasteiger partial charge in [-0.3, -0.25) is 0 Å². The van der Waals surface area contributed by atoms with E-state index in [1.165, 1.54) is 19.3 Å². The normalized spacial score (nSPS) is 13.6. The minimum absolute atomic E-state index is 0.00784. The molecular formula is C14H10F6N2O2. The predicted molar refractivity (Wildman–Crippen MR) is 69.0 cm³/mol. The Kier molecular flexibility index (Phi) is 4.59. The highest BCUT2D eigenvalue weighted by Gasteiger charge is 2.37. The van der Waals surface area contributed by atoms with Crippen molar-refractivity contribution in [3.63, 3.8) is 0 Å². The average Bonchev–Trinajstić information content (AvgIpc) is 2.99. The largest absolute Gasteiger partial charge is 0.441 e. The van der Waals surface area contributed by atoms with Crippen LogP contribution < -0.4 is 0 Å². The number of alkyl halides is 6. The van der Waals surface area contributed by atoms with Gasteiger partial charge in [0.05, 0.1) is 11.1 Å². The highest BCUT2D eigenvalue weighted by Crippen LogP contribution is 2.37. The number of nitrogens with zero attached hydrogens (tertiary/aromatic N) is 2. The molecule has 1 aromatic heterocycles. The van der Waals surface area contributed by atoms with Gasteiger partial charge in [-0.25, -0.2) is 14.3 Å². The first-order chi connectivity index (χ1) is 11.0. The molecule has 10 heteroatoms. The van der Waals surface area contributed by atoms with E-state index in [9.17, 15) is 31.1 Å². The van der Waals surface area contributed by atoms with Crippen LogP contribution in [0.3, 0.4) is 0 Å². The van der Waals surface area contributed by atoms with Crippen molar-refractivity contribution in [3.05, 3.63) is 53.6 Å². The van der Waals surface area contributed by atoms with E-state index >= 15 is 0 Å².